The molecule has 0 unspecified atom stereocenters. The fraction of sp³-hybridized carbons (Fsp3) is 0.833. The van der Waals surface area contributed by atoms with Crippen LogP contribution in [0.4, 0.5) is 0 Å². The van der Waals surface area contributed by atoms with Gasteiger partial charge in [-0.05, 0) is 39.2 Å². The molecule has 0 aliphatic heterocycles. The molecule has 1 aliphatic rings. The largest absolute Gasteiger partial charge is 0.495 e. The molecule has 1 rings (SSSR count). The number of aliphatic hydroxyl groups is 1. The van der Waals surface area contributed by atoms with Gasteiger partial charge in [-0.1, -0.05) is 6.42 Å². The van der Waals surface area contributed by atoms with Gasteiger partial charge in [-0.25, -0.2) is 0 Å². The Hall–Kier alpha value is -0.500. The van der Waals surface area contributed by atoms with Crippen molar-refractivity contribution in [2.24, 2.45) is 0 Å². The molecule has 0 amide bonds. The van der Waals surface area contributed by atoms with E-state index in [4.69, 9.17) is 4.74 Å². The van der Waals surface area contributed by atoms with Gasteiger partial charge < -0.3 is 9.84 Å². The SMILES string of the molecule is C[C@H](O)C[C@@H](C)OC1=CCCCCC1. The summed E-state index contributed by atoms with van der Waals surface area (Å²) in [4.78, 5) is 0. The van der Waals surface area contributed by atoms with Gasteiger partial charge >= 0.3 is 0 Å². The molecule has 0 heterocycles. The molecular formula is C12H22O2. The molecule has 2 atom stereocenters. The summed E-state index contributed by atoms with van der Waals surface area (Å²) in [6, 6.07) is 0. The number of allylic oxidation sites excluding steroid dienone is 2. The maximum atomic E-state index is 9.21. The average Bonchev–Trinajstić information content (AvgIpc) is 2.31. The van der Waals surface area contributed by atoms with Crippen molar-refractivity contribution < 1.29 is 9.84 Å². The van der Waals surface area contributed by atoms with Crippen LogP contribution in [0.3, 0.4) is 0 Å². The van der Waals surface area contributed by atoms with E-state index in [2.05, 4.69) is 6.08 Å². The topological polar surface area (TPSA) is 29.5 Å². The zero-order chi connectivity index (χ0) is 10.4. The summed E-state index contributed by atoms with van der Waals surface area (Å²) in [5.41, 5.74) is 0. The summed E-state index contributed by atoms with van der Waals surface area (Å²) in [6.45, 7) is 3.83. The summed E-state index contributed by atoms with van der Waals surface area (Å²) < 4.78 is 5.78. The highest BCUT2D eigenvalue weighted by Crippen LogP contribution is 2.20. The van der Waals surface area contributed by atoms with Gasteiger partial charge in [0.05, 0.1) is 18.0 Å². The summed E-state index contributed by atoms with van der Waals surface area (Å²) in [5.74, 6) is 1.13. The molecule has 0 aromatic rings. The van der Waals surface area contributed by atoms with E-state index < -0.39 is 0 Å². The number of ether oxygens (including phenoxy) is 1. The van der Waals surface area contributed by atoms with Crippen molar-refractivity contribution in [2.75, 3.05) is 0 Å². The Labute approximate surface area is 87.0 Å². The van der Waals surface area contributed by atoms with E-state index >= 15 is 0 Å². The van der Waals surface area contributed by atoms with Crippen molar-refractivity contribution in [3.05, 3.63) is 11.8 Å². The normalized spacial score (nSPS) is 22.1. The molecule has 0 radical (unpaired) electrons. The van der Waals surface area contributed by atoms with Crippen LogP contribution in [0.2, 0.25) is 0 Å². The van der Waals surface area contributed by atoms with E-state index in [9.17, 15) is 5.11 Å². The molecule has 82 valence electrons. The molecular weight excluding hydrogens is 176 g/mol. The number of rotatable bonds is 4. The van der Waals surface area contributed by atoms with Gasteiger partial charge in [-0.3, -0.25) is 0 Å². The second-order valence-corrected chi connectivity index (χ2v) is 4.28. The lowest BCUT2D eigenvalue weighted by Gasteiger charge is -2.18. The molecule has 1 aliphatic carbocycles. The third kappa shape index (κ3) is 4.66. The van der Waals surface area contributed by atoms with E-state index in [0.717, 1.165) is 25.0 Å². The van der Waals surface area contributed by atoms with Crippen molar-refractivity contribution in [1.29, 1.82) is 0 Å². The van der Waals surface area contributed by atoms with Crippen LogP contribution in [0.1, 0.15) is 52.4 Å². The van der Waals surface area contributed by atoms with E-state index in [-0.39, 0.29) is 12.2 Å². The van der Waals surface area contributed by atoms with Crippen molar-refractivity contribution in [1.82, 2.24) is 0 Å². The first kappa shape index (κ1) is 11.6. The van der Waals surface area contributed by atoms with Gasteiger partial charge in [-0.2, -0.15) is 0 Å². The molecule has 0 aromatic carbocycles. The maximum absolute atomic E-state index is 9.21. The maximum Gasteiger partial charge on any atom is 0.0978 e. The monoisotopic (exact) mass is 198 g/mol. The molecule has 0 bridgehead atoms. The van der Waals surface area contributed by atoms with Crippen LogP contribution in [0.5, 0.6) is 0 Å². The number of hydrogen-bond donors (Lipinski definition) is 1. The first-order valence-corrected chi connectivity index (χ1v) is 5.72. The van der Waals surface area contributed by atoms with Crippen LogP contribution >= 0.6 is 0 Å². The second-order valence-electron chi connectivity index (χ2n) is 4.28. The van der Waals surface area contributed by atoms with E-state index in [1.54, 1.807) is 6.92 Å². The second kappa shape index (κ2) is 6.07. The first-order chi connectivity index (χ1) is 6.68. The van der Waals surface area contributed by atoms with Crippen LogP contribution in [0.15, 0.2) is 11.8 Å². The zero-order valence-corrected chi connectivity index (χ0v) is 9.33. The Kier molecular flexibility index (Phi) is 5.02. The molecule has 1 N–H and O–H groups in total. The highest BCUT2D eigenvalue weighted by Gasteiger charge is 2.10. The Morgan fingerprint density at radius 2 is 2.14 bits per heavy atom. The van der Waals surface area contributed by atoms with Crippen LogP contribution in [0, 0.1) is 0 Å². The van der Waals surface area contributed by atoms with Crippen molar-refractivity contribution in [3.63, 3.8) is 0 Å². The molecule has 2 nitrogen and oxygen atoms in total. The van der Waals surface area contributed by atoms with Gasteiger partial charge in [0.25, 0.3) is 0 Å². The predicted molar refractivity (Wildman–Crippen MR) is 58.0 cm³/mol. The third-order valence-corrected chi connectivity index (χ3v) is 2.52. The summed E-state index contributed by atoms with van der Waals surface area (Å²) >= 11 is 0. The lowest BCUT2D eigenvalue weighted by molar-refractivity contribution is 0.0678. The van der Waals surface area contributed by atoms with Crippen molar-refractivity contribution in [2.45, 2.75) is 64.6 Å². The van der Waals surface area contributed by atoms with Gasteiger partial charge in [0, 0.05) is 12.8 Å². The van der Waals surface area contributed by atoms with Gasteiger partial charge in [0.1, 0.15) is 0 Å². The Morgan fingerprint density at radius 3 is 2.86 bits per heavy atom. The molecule has 0 fully saturated rings. The van der Waals surface area contributed by atoms with E-state index in [1.165, 1.54) is 19.3 Å². The molecule has 0 aromatic heterocycles. The zero-order valence-electron chi connectivity index (χ0n) is 9.33. The highest BCUT2D eigenvalue weighted by molar-refractivity contribution is 4.95. The number of aliphatic hydroxyl groups excluding tert-OH is 1. The summed E-state index contributed by atoms with van der Waals surface area (Å²) in [6.07, 6.45) is 8.87. The van der Waals surface area contributed by atoms with Crippen LogP contribution in [0.25, 0.3) is 0 Å². The number of hydrogen-bond acceptors (Lipinski definition) is 2. The van der Waals surface area contributed by atoms with E-state index in [0.29, 0.717) is 0 Å². The van der Waals surface area contributed by atoms with Crippen LogP contribution < -0.4 is 0 Å². The molecule has 0 saturated heterocycles. The molecule has 14 heavy (non-hydrogen) atoms. The third-order valence-electron chi connectivity index (χ3n) is 2.52. The lowest BCUT2D eigenvalue weighted by atomic mass is 10.2. The Balaban J connectivity index is 2.30. The average molecular weight is 198 g/mol. The smallest absolute Gasteiger partial charge is 0.0978 e. The molecule has 2 heteroatoms. The molecule has 0 spiro atoms. The van der Waals surface area contributed by atoms with Gasteiger partial charge in [0.15, 0.2) is 0 Å². The highest BCUT2D eigenvalue weighted by atomic mass is 16.5. The fourth-order valence-corrected chi connectivity index (χ4v) is 1.88. The Bertz CT molecular complexity index is 185. The van der Waals surface area contributed by atoms with Gasteiger partial charge in [-0.15, -0.1) is 0 Å². The summed E-state index contributed by atoms with van der Waals surface area (Å²) in [5, 5.41) is 9.21. The minimum atomic E-state index is -0.267. The summed E-state index contributed by atoms with van der Waals surface area (Å²) in [7, 11) is 0. The van der Waals surface area contributed by atoms with Crippen LogP contribution in [-0.2, 0) is 4.74 Å². The van der Waals surface area contributed by atoms with Gasteiger partial charge in [0.2, 0.25) is 0 Å². The lowest BCUT2D eigenvalue weighted by Crippen LogP contribution is -2.15. The minimum absolute atomic E-state index is 0.138. The van der Waals surface area contributed by atoms with E-state index in [1.807, 2.05) is 6.92 Å². The molecule has 0 saturated carbocycles. The fourth-order valence-electron chi connectivity index (χ4n) is 1.88. The standard InChI is InChI=1S/C12H22O2/c1-10(13)9-11(2)14-12-7-5-3-4-6-8-12/h7,10-11,13H,3-6,8-9H2,1-2H3/t10-,11+/m0/s1. The first-order valence-electron chi connectivity index (χ1n) is 5.72. The van der Waals surface area contributed by atoms with Crippen molar-refractivity contribution in [3.8, 4) is 0 Å². The Morgan fingerprint density at radius 1 is 1.36 bits per heavy atom. The predicted octanol–water partition coefficient (Wildman–Crippen LogP) is 3.01. The minimum Gasteiger partial charge on any atom is -0.495 e. The quantitative estimate of drug-likeness (QED) is 0.752. The van der Waals surface area contributed by atoms with Crippen LogP contribution in [-0.4, -0.2) is 17.3 Å². The van der Waals surface area contributed by atoms with Crippen molar-refractivity contribution >= 4 is 0 Å².